The number of rotatable bonds is 7. The molecule has 6 nitrogen and oxygen atoms in total. The molecule has 0 unspecified atom stereocenters. The molecule has 250 valence electrons. The van der Waals surface area contributed by atoms with E-state index < -0.39 is 5.92 Å². The van der Waals surface area contributed by atoms with Gasteiger partial charge >= 0.3 is 0 Å². The third-order valence-electron chi connectivity index (χ3n) is 9.70. The number of aryl methyl sites for hydroxylation is 2. The molecule has 0 saturated heterocycles. The molecule has 0 fully saturated rings. The highest BCUT2D eigenvalue weighted by atomic mass is 79.9. The fourth-order valence-corrected chi connectivity index (χ4v) is 8.83. The van der Waals surface area contributed by atoms with Crippen LogP contribution in [-0.2, 0) is 20.9 Å². The van der Waals surface area contributed by atoms with Crippen molar-refractivity contribution in [1.29, 1.82) is 0 Å². The molecular formula is C40H42Br2N2O4. The van der Waals surface area contributed by atoms with E-state index in [4.69, 9.17) is 4.74 Å². The van der Waals surface area contributed by atoms with Gasteiger partial charge < -0.3 is 15.0 Å². The number of Topliss-reactive ketones (excluding diaryl/α,β-unsaturated/α-hetero) is 2. The van der Waals surface area contributed by atoms with Gasteiger partial charge in [-0.3, -0.25) is 14.4 Å². The second-order valence-corrected chi connectivity index (χ2v) is 16.8. The normalized spacial score (nSPS) is 18.9. The molecule has 1 aliphatic heterocycles. The molecule has 0 bridgehead atoms. The Labute approximate surface area is 300 Å². The van der Waals surface area contributed by atoms with Crippen molar-refractivity contribution in [2.75, 3.05) is 11.9 Å². The van der Waals surface area contributed by atoms with Gasteiger partial charge in [0.2, 0.25) is 0 Å². The van der Waals surface area contributed by atoms with Crippen LogP contribution in [0.5, 0.6) is 5.75 Å². The quantitative estimate of drug-likeness (QED) is 0.259. The van der Waals surface area contributed by atoms with E-state index in [2.05, 4.69) is 81.9 Å². The zero-order chi connectivity index (χ0) is 34.5. The SMILES string of the molecule is Cc1ccc(NC(=O)COc2c(Br)cc(C3C4=C(CC(C)(C)CC4=O)N(Cc4ccccc4)C4=C3C(=O)CC(C)(C)C4)cc2Br)cc1C. The van der Waals surface area contributed by atoms with Crippen LogP contribution in [0.25, 0.3) is 0 Å². The largest absolute Gasteiger partial charge is 0.481 e. The van der Waals surface area contributed by atoms with E-state index in [-0.39, 0.29) is 34.9 Å². The number of hydrogen-bond acceptors (Lipinski definition) is 5. The summed E-state index contributed by atoms with van der Waals surface area (Å²) in [5.74, 6) is -0.120. The standard InChI is InChI=1S/C40H42Br2N2O4/c1-23-12-13-27(14-24(23)2)43-34(47)22-48-38-28(41)15-26(16-29(38)42)35-36-30(17-39(3,4)19-32(36)45)44(21-25-10-8-7-9-11-25)31-18-40(5,6)20-33(46)37(31)35/h7-16,35H,17-22H2,1-6H3,(H,43,47). The summed E-state index contributed by atoms with van der Waals surface area (Å²) >= 11 is 7.40. The molecule has 0 atom stereocenters. The van der Waals surface area contributed by atoms with Crippen LogP contribution in [-0.4, -0.2) is 29.0 Å². The zero-order valence-corrected chi connectivity index (χ0v) is 31.6. The average molecular weight is 775 g/mol. The van der Waals surface area contributed by atoms with Gasteiger partial charge in [-0.25, -0.2) is 0 Å². The molecule has 3 aliphatic rings. The van der Waals surface area contributed by atoms with Gasteiger partial charge in [0.05, 0.1) is 8.95 Å². The highest BCUT2D eigenvalue weighted by Gasteiger charge is 2.49. The van der Waals surface area contributed by atoms with E-state index in [1.807, 2.05) is 62.4 Å². The summed E-state index contributed by atoms with van der Waals surface area (Å²) in [6.45, 7) is 13.1. The Morgan fingerprint density at radius 2 is 1.38 bits per heavy atom. The number of carbonyl (C=O) groups is 3. The molecule has 48 heavy (non-hydrogen) atoms. The Bertz CT molecular complexity index is 1810. The molecule has 2 aliphatic carbocycles. The minimum Gasteiger partial charge on any atom is -0.481 e. The van der Waals surface area contributed by atoms with Gasteiger partial charge in [0.15, 0.2) is 18.2 Å². The van der Waals surface area contributed by atoms with Crippen molar-refractivity contribution in [3.05, 3.63) is 114 Å². The van der Waals surface area contributed by atoms with Crippen molar-refractivity contribution in [3.8, 4) is 5.75 Å². The maximum Gasteiger partial charge on any atom is 0.262 e. The molecule has 0 saturated carbocycles. The van der Waals surface area contributed by atoms with Crippen molar-refractivity contribution in [1.82, 2.24) is 4.90 Å². The fourth-order valence-electron chi connectivity index (χ4n) is 7.38. The summed E-state index contributed by atoms with van der Waals surface area (Å²) in [5.41, 5.74) is 7.99. The smallest absolute Gasteiger partial charge is 0.262 e. The van der Waals surface area contributed by atoms with Crippen molar-refractivity contribution < 1.29 is 19.1 Å². The molecule has 3 aromatic carbocycles. The number of benzene rings is 3. The Morgan fingerprint density at radius 1 is 0.812 bits per heavy atom. The topological polar surface area (TPSA) is 75.7 Å². The average Bonchev–Trinajstić information content (AvgIpc) is 2.98. The van der Waals surface area contributed by atoms with Crippen molar-refractivity contribution in [2.45, 2.75) is 79.7 Å². The van der Waals surface area contributed by atoms with Gasteiger partial charge in [0.25, 0.3) is 5.91 Å². The molecule has 1 amide bonds. The van der Waals surface area contributed by atoms with Crippen LogP contribution < -0.4 is 10.1 Å². The van der Waals surface area contributed by atoms with E-state index in [9.17, 15) is 14.4 Å². The monoisotopic (exact) mass is 772 g/mol. The summed E-state index contributed by atoms with van der Waals surface area (Å²) in [5, 5.41) is 2.90. The van der Waals surface area contributed by atoms with Crippen LogP contribution >= 0.6 is 31.9 Å². The van der Waals surface area contributed by atoms with Gasteiger partial charge in [0, 0.05) is 53.5 Å². The number of anilines is 1. The highest BCUT2D eigenvalue weighted by Crippen LogP contribution is 2.55. The minimum atomic E-state index is -0.496. The Balaban J connectivity index is 1.39. The van der Waals surface area contributed by atoms with Crippen molar-refractivity contribution in [2.24, 2.45) is 10.8 Å². The van der Waals surface area contributed by atoms with Crippen LogP contribution in [0, 0.1) is 24.7 Å². The summed E-state index contributed by atoms with van der Waals surface area (Å²) in [7, 11) is 0. The van der Waals surface area contributed by atoms with Crippen molar-refractivity contribution >= 4 is 55.0 Å². The number of amides is 1. The predicted molar refractivity (Wildman–Crippen MR) is 197 cm³/mol. The third kappa shape index (κ3) is 6.97. The maximum atomic E-state index is 14.2. The number of allylic oxidation sites excluding steroid dienone is 4. The molecule has 1 N–H and O–H groups in total. The van der Waals surface area contributed by atoms with E-state index in [1.54, 1.807) is 0 Å². The number of nitrogens with zero attached hydrogens (tertiary/aromatic N) is 1. The summed E-state index contributed by atoms with van der Waals surface area (Å²) in [6.07, 6.45) is 2.32. The number of ketones is 2. The first-order valence-corrected chi connectivity index (χ1v) is 18.0. The van der Waals surface area contributed by atoms with Crippen LogP contribution in [0.3, 0.4) is 0 Å². The second-order valence-electron chi connectivity index (χ2n) is 15.1. The lowest BCUT2D eigenvalue weighted by molar-refractivity contribution is -0.120. The van der Waals surface area contributed by atoms with Gasteiger partial charge in [0.1, 0.15) is 5.75 Å². The summed E-state index contributed by atoms with van der Waals surface area (Å²) in [6, 6.07) is 19.9. The molecule has 0 radical (unpaired) electrons. The van der Waals surface area contributed by atoms with Gasteiger partial charge in [-0.2, -0.15) is 0 Å². The van der Waals surface area contributed by atoms with Crippen LogP contribution in [0.4, 0.5) is 5.69 Å². The first-order chi connectivity index (χ1) is 22.6. The lowest BCUT2D eigenvalue weighted by Crippen LogP contribution is -2.44. The lowest BCUT2D eigenvalue weighted by atomic mass is 9.63. The zero-order valence-electron chi connectivity index (χ0n) is 28.4. The predicted octanol–water partition coefficient (Wildman–Crippen LogP) is 9.73. The van der Waals surface area contributed by atoms with Crippen LogP contribution in [0.15, 0.2) is 92.1 Å². The van der Waals surface area contributed by atoms with Gasteiger partial charge in [-0.15, -0.1) is 0 Å². The summed E-state index contributed by atoms with van der Waals surface area (Å²) < 4.78 is 7.29. The minimum absolute atomic E-state index is 0.0871. The second kappa shape index (κ2) is 13.1. The van der Waals surface area contributed by atoms with Gasteiger partial charge in [-0.1, -0.05) is 64.1 Å². The highest BCUT2D eigenvalue weighted by molar-refractivity contribution is 9.11. The number of hydrogen-bond donors (Lipinski definition) is 1. The number of halogens is 2. The molecule has 0 aromatic heterocycles. The van der Waals surface area contributed by atoms with E-state index in [1.165, 1.54) is 0 Å². The Kier molecular flexibility index (Phi) is 9.37. The maximum absolute atomic E-state index is 14.2. The number of nitrogens with one attached hydrogen (secondary N) is 1. The first kappa shape index (κ1) is 34.4. The molecule has 8 heteroatoms. The lowest BCUT2D eigenvalue weighted by Gasteiger charge is -2.49. The Morgan fingerprint density at radius 3 is 1.92 bits per heavy atom. The Hall–Kier alpha value is -3.49. The summed E-state index contributed by atoms with van der Waals surface area (Å²) in [4.78, 5) is 43.6. The van der Waals surface area contributed by atoms with E-state index in [0.717, 1.165) is 57.6 Å². The molecule has 3 aromatic rings. The molecule has 6 rings (SSSR count). The number of carbonyl (C=O) groups excluding carboxylic acids is 3. The van der Waals surface area contributed by atoms with Crippen LogP contribution in [0.1, 0.15) is 81.5 Å². The van der Waals surface area contributed by atoms with E-state index >= 15 is 0 Å². The van der Waals surface area contributed by atoms with Crippen molar-refractivity contribution in [3.63, 3.8) is 0 Å². The molecular weight excluding hydrogens is 732 g/mol. The number of ether oxygens (including phenoxy) is 1. The first-order valence-electron chi connectivity index (χ1n) is 16.5. The van der Waals surface area contributed by atoms with E-state index in [0.29, 0.717) is 39.8 Å². The fraction of sp³-hybridized carbons (Fsp3) is 0.375. The molecule has 1 heterocycles. The molecule has 0 spiro atoms. The van der Waals surface area contributed by atoms with Gasteiger partial charge in [-0.05, 0) is 116 Å². The van der Waals surface area contributed by atoms with Crippen LogP contribution in [0.2, 0.25) is 0 Å². The third-order valence-corrected chi connectivity index (χ3v) is 10.9.